The van der Waals surface area contributed by atoms with E-state index in [1.54, 1.807) is 12.1 Å². The molecule has 27 heavy (non-hydrogen) atoms. The Balaban J connectivity index is 1.53. The van der Waals surface area contributed by atoms with Crippen LogP contribution in [0.4, 0.5) is 5.13 Å². The molecule has 2 heterocycles. The van der Waals surface area contributed by atoms with Gasteiger partial charge in [-0.15, -0.1) is 10.2 Å². The molecule has 0 aliphatic carbocycles. The predicted octanol–water partition coefficient (Wildman–Crippen LogP) is 1.48. The normalized spacial score (nSPS) is 14.3. The van der Waals surface area contributed by atoms with Gasteiger partial charge >= 0.3 is 0 Å². The van der Waals surface area contributed by atoms with Crippen LogP contribution in [-0.2, 0) is 4.79 Å². The molecule has 0 radical (unpaired) electrons. The molecule has 0 saturated carbocycles. The van der Waals surface area contributed by atoms with Gasteiger partial charge in [0.15, 0.2) is 4.34 Å². The number of hydrogen-bond donors (Lipinski definition) is 1. The smallest absolute Gasteiger partial charge is 0.253 e. The molecular formula is C17H21N5O3S2. The predicted molar refractivity (Wildman–Crippen MR) is 106 cm³/mol. The Morgan fingerprint density at radius 3 is 2.52 bits per heavy atom. The van der Waals surface area contributed by atoms with Crippen molar-refractivity contribution >= 4 is 40.0 Å². The molecule has 1 fully saturated rings. The lowest BCUT2D eigenvalue weighted by Crippen LogP contribution is -2.48. The van der Waals surface area contributed by atoms with Crippen molar-refractivity contribution in [1.82, 2.24) is 15.1 Å². The van der Waals surface area contributed by atoms with Gasteiger partial charge in [0.1, 0.15) is 5.75 Å². The van der Waals surface area contributed by atoms with E-state index in [0.29, 0.717) is 38.3 Å². The van der Waals surface area contributed by atoms with E-state index in [9.17, 15) is 9.59 Å². The monoisotopic (exact) mass is 407 g/mol. The molecule has 1 aromatic heterocycles. The molecular weight excluding hydrogens is 386 g/mol. The summed E-state index contributed by atoms with van der Waals surface area (Å²) in [4.78, 5) is 27.5. The fraction of sp³-hybridized carbons (Fsp3) is 0.412. The van der Waals surface area contributed by atoms with Gasteiger partial charge < -0.3 is 20.3 Å². The molecule has 1 aromatic carbocycles. The Morgan fingerprint density at radius 1 is 1.19 bits per heavy atom. The summed E-state index contributed by atoms with van der Waals surface area (Å²) in [6.07, 6.45) is 0. The highest BCUT2D eigenvalue weighted by Crippen LogP contribution is 2.28. The second-order valence-electron chi connectivity index (χ2n) is 5.84. The van der Waals surface area contributed by atoms with Crippen LogP contribution in [0.1, 0.15) is 17.3 Å². The van der Waals surface area contributed by atoms with Crippen LogP contribution in [0.5, 0.6) is 5.75 Å². The molecule has 2 N–H and O–H groups in total. The summed E-state index contributed by atoms with van der Waals surface area (Å²) in [6.45, 7) is 5.15. The summed E-state index contributed by atoms with van der Waals surface area (Å²) >= 11 is 2.72. The Bertz CT molecular complexity index is 788. The van der Waals surface area contributed by atoms with Gasteiger partial charge in [0.05, 0.1) is 12.4 Å². The number of aromatic nitrogens is 2. The van der Waals surface area contributed by atoms with Crippen LogP contribution in [0.3, 0.4) is 0 Å². The number of primary amides is 1. The number of piperazine rings is 1. The lowest BCUT2D eigenvalue weighted by Gasteiger charge is -2.34. The largest absolute Gasteiger partial charge is 0.494 e. The molecule has 1 saturated heterocycles. The minimum atomic E-state index is -0.377. The van der Waals surface area contributed by atoms with Crippen LogP contribution < -0.4 is 15.4 Å². The summed E-state index contributed by atoms with van der Waals surface area (Å²) in [7, 11) is 0. The first kappa shape index (κ1) is 19.4. The van der Waals surface area contributed by atoms with Crippen LogP contribution >= 0.6 is 23.1 Å². The number of nitrogens with two attached hydrogens (primary N) is 1. The maximum Gasteiger partial charge on any atom is 0.253 e. The first-order chi connectivity index (χ1) is 13.1. The maximum atomic E-state index is 12.7. The summed E-state index contributed by atoms with van der Waals surface area (Å²) in [5.41, 5.74) is 5.81. The van der Waals surface area contributed by atoms with E-state index >= 15 is 0 Å². The number of benzene rings is 1. The van der Waals surface area contributed by atoms with Crippen LogP contribution in [0.15, 0.2) is 28.6 Å². The fourth-order valence-corrected chi connectivity index (χ4v) is 4.30. The highest BCUT2D eigenvalue weighted by molar-refractivity contribution is 8.01. The summed E-state index contributed by atoms with van der Waals surface area (Å²) in [5.74, 6) is 0.602. The van der Waals surface area contributed by atoms with E-state index < -0.39 is 0 Å². The Kier molecular flexibility index (Phi) is 6.51. The van der Waals surface area contributed by atoms with Crippen molar-refractivity contribution in [2.24, 2.45) is 5.73 Å². The summed E-state index contributed by atoms with van der Waals surface area (Å²) in [5, 5.41) is 9.06. The van der Waals surface area contributed by atoms with Gasteiger partial charge in [-0.1, -0.05) is 23.1 Å². The summed E-state index contributed by atoms with van der Waals surface area (Å²) < 4.78 is 6.13. The number of thioether (sulfide) groups is 1. The van der Waals surface area contributed by atoms with E-state index in [1.807, 2.05) is 24.0 Å². The van der Waals surface area contributed by atoms with Crippen LogP contribution in [-0.4, -0.2) is 65.5 Å². The van der Waals surface area contributed by atoms with Crippen LogP contribution in [0.25, 0.3) is 0 Å². The van der Waals surface area contributed by atoms with Crippen LogP contribution in [0, 0.1) is 0 Å². The number of carbonyl (C=O) groups excluding carboxylic acids is 2. The zero-order valence-electron chi connectivity index (χ0n) is 15.0. The molecule has 144 valence electrons. The van der Waals surface area contributed by atoms with Crippen molar-refractivity contribution in [2.75, 3.05) is 43.4 Å². The number of nitrogens with zero attached hydrogens (tertiary/aromatic N) is 4. The molecule has 1 aliphatic rings. The highest BCUT2D eigenvalue weighted by atomic mass is 32.2. The van der Waals surface area contributed by atoms with Gasteiger partial charge in [-0.2, -0.15) is 0 Å². The van der Waals surface area contributed by atoms with Gasteiger partial charge in [0.2, 0.25) is 11.0 Å². The molecule has 2 amide bonds. The Hall–Kier alpha value is -2.33. The molecule has 10 heteroatoms. The quantitative estimate of drug-likeness (QED) is 0.694. The first-order valence-electron chi connectivity index (χ1n) is 8.58. The minimum Gasteiger partial charge on any atom is -0.494 e. The lowest BCUT2D eigenvalue weighted by atomic mass is 10.1. The highest BCUT2D eigenvalue weighted by Gasteiger charge is 2.24. The van der Waals surface area contributed by atoms with Crippen molar-refractivity contribution in [1.29, 1.82) is 0 Å². The standard InChI is InChI=1S/C17H21N5O3S2/c1-2-25-13-5-3-12(4-6-13)15(24)21-7-9-22(10-8-21)16-19-20-17(27-16)26-11-14(18)23/h3-6H,2,7-11H2,1H3,(H2,18,23). The zero-order chi connectivity index (χ0) is 19.2. The van der Waals surface area contributed by atoms with E-state index in [-0.39, 0.29) is 17.6 Å². The molecule has 3 rings (SSSR count). The van der Waals surface area contributed by atoms with Crippen molar-refractivity contribution in [3.8, 4) is 5.75 Å². The van der Waals surface area contributed by atoms with E-state index in [4.69, 9.17) is 10.5 Å². The van der Waals surface area contributed by atoms with Gasteiger partial charge in [-0.25, -0.2) is 0 Å². The van der Waals surface area contributed by atoms with Crippen LogP contribution in [0.2, 0.25) is 0 Å². The number of anilines is 1. The van der Waals surface area contributed by atoms with Gasteiger partial charge in [-0.3, -0.25) is 9.59 Å². The molecule has 0 bridgehead atoms. The fourth-order valence-electron chi connectivity index (χ4n) is 2.67. The average molecular weight is 408 g/mol. The third-order valence-corrected chi connectivity index (χ3v) is 6.12. The van der Waals surface area contributed by atoms with Crippen molar-refractivity contribution in [3.63, 3.8) is 0 Å². The minimum absolute atomic E-state index is 0.0210. The van der Waals surface area contributed by atoms with Crippen molar-refractivity contribution in [2.45, 2.75) is 11.3 Å². The number of ether oxygens (including phenoxy) is 1. The SMILES string of the molecule is CCOc1ccc(C(=O)N2CCN(c3nnc(SCC(N)=O)s3)CC2)cc1. The molecule has 0 spiro atoms. The van der Waals surface area contributed by atoms with E-state index in [1.165, 1.54) is 23.1 Å². The van der Waals surface area contributed by atoms with Crippen molar-refractivity contribution in [3.05, 3.63) is 29.8 Å². The second kappa shape index (κ2) is 9.05. The molecule has 0 unspecified atom stereocenters. The number of amides is 2. The third kappa shape index (κ3) is 5.10. The molecule has 8 nitrogen and oxygen atoms in total. The second-order valence-corrected chi connectivity index (χ2v) is 8.02. The third-order valence-electron chi connectivity index (χ3n) is 3.98. The van der Waals surface area contributed by atoms with E-state index in [0.717, 1.165) is 15.2 Å². The van der Waals surface area contributed by atoms with Crippen molar-refractivity contribution < 1.29 is 14.3 Å². The summed E-state index contributed by atoms with van der Waals surface area (Å²) in [6, 6.07) is 7.23. The molecule has 1 aliphatic heterocycles. The molecule has 0 atom stereocenters. The van der Waals surface area contributed by atoms with Gasteiger partial charge in [-0.05, 0) is 31.2 Å². The zero-order valence-corrected chi connectivity index (χ0v) is 16.6. The Morgan fingerprint density at radius 2 is 1.89 bits per heavy atom. The lowest BCUT2D eigenvalue weighted by molar-refractivity contribution is -0.115. The topological polar surface area (TPSA) is 102 Å². The van der Waals surface area contributed by atoms with E-state index in [2.05, 4.69) is 15.1 Å². The first-order valence-corrected chi connectivity index (χ1v) is 10.4. The average Bonchev–Trinajstić information content (AvgIpc) is 3.16. The van der Waals surface area contributed by atoms with Gasteiger partial charge in [0.25, 0.3) is 5.91 Å². The number of carbonyl (C=O) groups is 2. The molecule has 2 aromatic rings. The number of rotatable bonds is 7. The Labute approximate surface area is 165 Å². The number of hydrogen-bond acceptors (Lipinski definition) is 8. The maximum absolute atomic E-state index is 12.7. The van der Waals surface area contributed by atoms with Gasteiger partial charge in [0, 0.05) is 31.7 Å².